The van der Waals surface area contributed by atoms with Crippen molar-refractivity contribution in [1.29, 1.82) is 0 Å². The maximum atomic E-state index is 11.7. The minimum Gasteiger partial charge on any atom is -0.480 e. The smallest absolute Gasteiger partial charge is 0.341 e. The summed E-state index contributed by atoms with van der Waals surface area (Å²) >= 11 is 3.30. The second kappa shape index (κ2) is 5.56. The number of esters is 1. The summed E-state index contributed by atoms with van der Waals surface area (Å²) < 4.78 is 10.5. The number of halogens is 1. The van der Waals surface area contributed by atoms with Crippen LogP contribution in [0.15, 0.2) is 10.5 Å². The monoisotopic (exact) mass is 316 g/mol. The van der Waals surface area contributed by atoms with Gasteiger partial charge in [0.2, 0.25) is 5.88 Å². The number of hydrogen-bond donors (Lipinski definition) is 1. The zero-order valence-corrected chi connectivity index (χ0v) is 12.7. The summed E-state index contributed by atoms with van der Waals surface area (Å²) in [6.45, 7) is 5.93. The van der Waals surface area contributed by atoms with Crippen LogP contribution in [0.4, 0.5) is 5.82 Å². The van der Waals surface area contributed by atoms with Crippen LogP contribution in [0, 0.1) is 0 Å². The molecule has 1 rings (SSSR count). The summed E-state index contributed by atoms with van der Waals surface area (Å²) in [6.07, 6.45) is 0. The van der Waals surface area contributed by atoms with Crippen LogP contribution in [0.25, 0.3) is 0 Å². The van der Waals surface area contributed by atoms with Crippen LogP contribution in [0.2, 0.25) is 0 Å². The first-order chi connectivity index (χ1) is 8.28. The molecule has 0 aliphatic rings. The van der Waals surface area contributed by atoms with E-state index in [4.69, 9.17) is 9.47 Å². The number of methoxy groups -OCH3 is 2. The summed E-state index contributed by atoms with van der Waals surface area (Å²) in [6, 6.07) is 1.63. The molecule has 0 fully saturated rings. The highest BCUT2D eigenvalue weighted by atomic mass is 79.9. The zero-order chi connectivity index (χ0) is 13.9. The molecule has 0 aliphatic heterocycles. The van der Waals surface area contributed by atoms with Gasteiger partial charge in [0.25, 0.3) is 0 Å². The van der Waals surface area contributed by atoms with Gasteiger partial charge >= 0.3 is 5.97 Å². The average molecular weight is 317 g/mol. The molecule has 0 aliphatic carbocycles. The van der Waals surface area contributed by atoms with Crippen LogP contribution in [0.1, 0.15) is 31.1 Å². The highest BCUT2D eigenvalue weighted by Gasteiger charge is 2.21. The van der Waals surface area contributed by atoms with Crippen molar-refractivity contribution in [2.75, 3.05) is 19.5 Å². The van der Waals surface area contributed by atoms with E-state index in [1.807, 2.05) is 20.8 Å². The molecule has 0 bridgehead atoms. The van der Waals surface area contributed by atoms with Crippen molar-refractivity contribution < 1.29 is 14.3 Å². The maximum absolute atomic E-state index is 11.7. The minimum absolute atomic E-state index is 0.228. The van der Waals surface area contributed by atoms with Crippen LogP contribution in [-0.4, -0.2) is 30.7 Å². The second-order valence-corrected chi connectivity index (χ2v) is 5.60. The number of pyridine rings is 1. The van der Waals surface area contributed by atoms with E-state index in [2.05, 4.69) is 26.2 Å². The fraction of sp³-hybridized carbons (Fsp3) is 0.500. The van der Waals surface area contributed by atoms with Gasteiger partial charge in [-0.05, 0) is 42.8 Å². The van der Waals surface area contributed by atoms with Gasteiger partial charge in [0.1, 0.15) is 11.4 Å². The molecule has 18 heavy (non-hydrogen) atoms. The van der Waals surface area contributed by atoms with Gasteiger partial charge in [0.05, 0.1) is 18.7 Å². The van der Waals surface area contributed by atoms with Crippen LogP contribution in [0.3, 0.4) is 0 Å². The molecule has 0 aromatic carbocycles. The van der Waals surface area contributed by atoms with Crippen molar-refractivity contribution in [2.45, 2.75) is 26.3 Å². The lowest BCUT2D eigenvalue weighted by atomic mass is 10.1. The normalized spacial score (nSPS) is 11.0. The molecule has 6 heteroatoms. The van der Waals surface area contributed by atoms with Crippen LogP contribution in [-0.2, 0) is 4.74 Å². The average Bonchev–Trinajstić information content (AvgIpc) is 2.28. The molecule has 0 saturated heterocycles. The quantitative estimate of drug-likeness (QED) is 0.869. The molecule has 1 N–H and O–H groups in total. The summed E-state index contributed by atoms with van der Waals surface area (Å²) in [4.78, 5) is 16.0. The molecule has 0 spiro atoms. The van der Waals surface area contributed by atoms with E-state index in [1.165, 1.54) is 14.2 Å². The molecule has 0 unspecified atom stereocenters. The van der Waals surface area contributed by atoms with Gasteiger partial charge < -0.3 is 14.8 Å². The van der Waals surface area contributed by atoms with E-state index in [9.17, 15) is 4.79 Å². The summed E-state index contributed by atoms with van der Waals surface area (Å²) in [5.41, 5.74) is 0.134. The second-order valence-electron chi connectivity index (χ2n) is 4.74. The van der Waals surface area contributed by atoms with E-state index in [0.29, 0.717) is 21.7 Å². The molecule has 0 atom stereocenters. The molecule has 1 aromatic heterocycles. The third-order valence-corrected chi connectivity index (χ3v) is 2.60. The lowest BCUT2D eigenvalue weighted by molar-refractivity contribution is 0.0601. The fourth-order valence-corrected chi connectivity index (χ4v) is 1.81. The molecular formula is C12H17BrN2O3. The molecular weight excluding hydrogens is 300 g/mol. The maximum Gasteiger partial charge on any atom is 0.341 e. The minimum atomic E-state index is -0.447. The van der Waals surface area contributed by atoms with Gasteiger partial charge in [-0.15, -0.1) is 0 Å². The van der Waals surface area contributed by atoms with Gasteiger partial charge in [-0.25, -0.2) is 4.79 Å². The Morgan fingerprint density at radius 2 is 2.00 bits per heavy atom. The van der Waals surface area contributed by atoms with Crippen molar-refractivity contribution >= 4 is 27.7 Å². The third-order valence-electron chi connectivity index (χ3n) is 2.04. The van der Waals surface area contributed by atoms with Crippen molar-refractivity contribution in [2.24, 2.45) is 0 Å². The van der Waals surface area contributed by atoms with Crippen molar-refractivity contribution in [3.63, 3.8) is 0 Å². The predicted octanol–water partition coefficient (Wildman–Crippen LogP) is 2.85. The highest BCUT2D eigenvalue weighted by Crippen LogP contribution is 2.29. The van der Waals surface area contributed by atoms with E-state index in [-0.39, 0.29) is 5.54 Å². The Morgan fingerprint density at radius 3 is 2.44 bits per heavy atom. The van der Waals surface area contributed by atoms with E-state index < -0.39 is 5.97 Å². The summed E-state index contributed by atoms with van der Waals surface area (Å²) in [5, 5.41) is 3.15. The Bertz CT molecular complexity index is 455. The van der Waals surface area contributed by atoms with Crippen molar-refractivity contribution in [3.8, 4) is 5.88 Å². The number of nitrogens with zero attached hydrogens (tertiary/aromatic N) is 1. The van der Waals surface area contributed by atoms with Gasteiger partial charge in [0, 0.05) is 5.54 Å². The number of carbonyl (C=O) groups is 1. The summed E-state index contributed by atoms with van der Waals surface area (Å²) in [7, 11) is 2.85. The van der Waals surface area contributed by atoms with Crippen LogP contribution >= 0.6 is 15.9 Å². The Balaban J connectivity index is 3.30. The molecule has 5 nitrogen and oxygen atoms in total. The van der Waals surface area contributed by atoms with Crippen molar-refractivity contribution in [3.05, 3.63) is 16.1 Å². The van der Waals surface area contributed by atoms with Crippen molar-refractivity contribution in [1.82, 2.24) is 4.98 Å². The number of anilines is 1. The Kier molecular flexibility index (Phi) is 4.56. The fourth-order valence-electron chi connectivity index (χ4n) is 1.33. The highest BCUT2D eigenvalue weighted by molar-refractivity contribution is 9.10. The number of hydrogen-bond acceptors (Lipinski definition) is 5. The standard InChI is InChI=1S/C12H17BrN2O3/c1-12(2,3)15-9-7(11(16)18-5)6-8(13)10(14-9)17-4/h6H,1-5H3,(H,14,15). The van der Waals surface area contributed by atoms with Gasteiger partial charge in [-0.3, -0.25) is 0 Å². The molecule has 1 aromatic rings. The van der Waals surface area contributed by atoms with Crippen LogP contribution < -0.4 is 10.1 Å². The van der Waals surface area contributed by atoms with Gasteiger partial charge in [0.15, 0.2) is 0 Å². The van der Waals surface area contributed by atoms with Crippen LogP contribution in [0.5, 0.6) is 5.88 Å². The lowest BCUT2D eigenvalue weighted by Gasteiger charge is -2.23. The first kappa shape index (κ1) is 14.8. The van der Waals surface area contributed by atoms with E-state index >= 15 is 0 Å². The number of carbonyl (C=O) groups excluding carboxylic acids is 1. The first-order valence-corrected chi connectivity index (χ1v) is 6.19. The number of nitrogens with one attached hydrogen (secondary N) is 1. The molecule has 0 saturated carbocycles. The lowest BCUT2D eigenvalue weighted by Crippen LogP contribution is -2.28. The topological polar surface area (TPSA) is 60.5 Å². The SMILES string of the molecule is COC(=O)c1cc(Br)c(OC)nc1NC(C)(C)C. The van der Waals surface area contributed by atoms with Gasteiger partial charge in [-0.1, -0.05) is 0 Å². The number of aromatic nitrogens is 1. The Hall–Kier alpha value is -1.30. The predicted molar refractivity (Wildman–Crippen MR) is 73.2 cm³/mol. The van der Waals surface area contributed by atoms with E-state index in [0.717, 1.165) is 0 Å². The number of ether oxygens (including phenoxy) is 2. The third kappa shape index (κ3) is 3.60. The molecule has 1 heterocycles. The number of rotatable bonds is 3. The Morgan fingerprint density at radius 1 is 1.39 bits per heavy atom. The van der Waals surface area contributed by atoms with E-state index in [1.54, 1.807) is 6.07 Å². The molecule has 0 amide bonds. The first-order valence-electron chi connectivity index (χ1n) is 5.39. The van der Waals surface area contributed by atoms with Gasteiger partial charge in [-0.2, -0.15) is 4.98 Å². The summed E-state index contributed by atoms with van der Waals surface area (Å²) in [5.74, 6) is 0.404. The zero-order valence-electron chi connectivity index (χ0n) is 11.1. The molecule has 100 valence electrons. The molecule has 0 radical (unpaired) electrons. The largest absolute Gasteiger partial charge is 0.480 e. The Labute approximate surface area is 115 Å².